The molecule has 1 fully saturated rings. The van der Waals surface area contributed by atoms with Crippen molar-refractivity contribution in [3.05, 3.63) is 12.7 Å². The summed E-state index contributed by atoms with van der Waals surface area (Å²) in [6, 6.07) is 0. The number of anilines is 1. The Kier molecular flexibility index (Phi) is 12.7. The zero-order chi connectivity index (χ0) is 34.7. The van der Waals surface area contributed by atoms with E-state index < -0.39 is 78.6 Å². The molecule has 260 valence electrons. The fourth-order valence-electron chi connectivity index (χ4n) is 3.90. The van der Waals surface area contributed by atoms with E-state index in [1.165, 1.54) is 20.8 Å². The first kappa shape index (κ1) is 38.5. The number of carbonyl (C=O) groups is 2. The molecule has 3 heterocycles. The molecule has 7 atom stereocenters. The fourth-order valence-corrected chi connectivity index (χ4v) is 7.13. The van der Waals surface area contributed by atoms with E-state index >= 15 is 0 Å². The van der Waals surface area contributed by atoms with Crippen LogP contribution in [0.3, 0.4) is 0 Å². The molecule has 2 aromatic heterocycles. The van der Waals surface area contributed by atoms with Crippen molar-refractivity contribution in [1.82, 2.24) is 24.8 Å². The fraction of sp³-hybridized carbons (Fsp3) is 0.650. The second-order valence-corrected chi connectivity index (χ2v) is 15.6. The maximum absolute atomic E-state index is 12.4. The highest BCUT2D eigenvalue weighted by molar-refractivity contribution is 8.13. The number of thioether (sulfide) groups is 1. The van der Waals surface area contributed by atoms with Crippen LogP contribution in [0.15, 0.2) is 12.7 Å². The van der Waals surface area contributed by atoms with Crippen LogP contribution in [-0.2, 0) is 45.9 Å². The number of aliphatic hydroxyl groups is 2. The molecule has 0 saturated carbocycles. The number of nitrogens with zero attached hydrogens (tertiary/aromatic N) is 4. The smallest absolute Gasteiger partial charge is 0.274 e. The lowest BCUT2D eigenvalue weighted by atomic mass is 9.87. The molecule has 0 bridgehead atoms. The van der Waals surface area contributed by atoms with Gasteiger partial charge in [0.25, 0.3) is 15.6 Å². The van der Waals surface area contributed by atoms with E-state index in [0.29, 0.717) is 0 Å². The molecule has 1 amide bonds. The van der Waals surface area contributed by atoms with Crippen LogP contribution >= 0.6 is 35.2 Å². The molecule has 22 nitrogen and oxygen atoms in total. The van der Waals surface area contributed by atoms with Gasteiger partial charge in [0.1, 0.15) is 36.3 Å². The molecule has 46 heavy (non-hydrogen) atoms. The van der Waals surface area contributed by atoms with Gasteiger partial charge in [0, 0.05) is 24.6 Å². The summed E-state index contributed by atoms with van der Waals surface area (Å²) in [7, 11) is -17.4. The van der Waals surface area contributed by atoms with Crippen molar-refractivity contribution in [3.8, 4) is 0 Å². The number of phosphoric ester groups is 3. The van der Waals surface area contributed by atoms with Crippen molar-refractivity contribution < 1.29 is 75.7 Å². The molecular weight excluding hydrogens is 705 g/mol. The number of fused-ring (bicyclic) bond motifs is 1. The molecular formula is C20H29N6O16P3S-4. The van der Waals surface area contributed by atoms with E-state index in [1.54, 1.807) is 0 Å². The molecule has 2 aromatic rings. The lowest BCUT2D eigenvalue weighted by Crippen LogP contribution is -2.46. The predicted octanol–water partition coefficient (Wildman–Crippen LogP) is -3.35. The van der Waals surface area contributed by atoms with Gasteiger partial charge in [-0.2, -0.15) is 0 Å². The lowest BCUT2D eigenvalue weighted by Gasteiger charge is -2.36. The number of nitrogens with one attached hydrogen (secondary N) is 1. The van der Waals surface area contributed by atoms with E-state index in [2.05, 4.69) is 38.2 Å². The van der Waals surface area contributed by atoms with Crippen LogP contribution in [0.1, 0.15) is 27.0 Å². The number of amides is 1. The van der Waals surface area contributed by atoms with Crippen molar-refractivity contribution in [2.45, 2.75) is 51.4 Å². The summed E-state index contributed by atoms with van der Waals surface area (Å²) in [5.74, 6) is -0.780. The van der Waals surface area contributed by atoms with Gasteiger partial charge in [-0.05, 0) is 0 Å². The number of nitrogen functional groups attached to an aromatic ring is 1. The Labute approximate surface area is 264 Å². The van der Waals surface area contributed by atoms with Gasteiger partial charge in [-0.1, -0.05) is 25.6 Å². The van der Waals surface area contributed by atoms with E-state index in [-0.39, 0.29) is 34.4 Å². The summed E-state index contributed by atoms with van der Waals surface area (Å²) in [6.45, 7) is 1.59. The summed E-state index contributed by atoms with van der Waals surface area (Å²) in [6.07, 6.45) is -7.20. The first-order valence-electron chi connectivity index (χ1n) is 12.8. The number of ether oxygens (including phenoxy) is 1. The molecule has 26 heteroatoms. The highest BCUT2D eigenvalue weighted by Crippen LogP contribution is 2.56. The Hall–Kier alpha value is -1.91. The Morgan fingerprint density at radius 2 is 1.83 bits per heavy atom. The molecule has 0 aliphatic carbocycles. The Balaban J connectivity index is 1.64. The monoisotopic (exact) mass is 734 g/mol. The standard InChI is InChI=1S/C20H33N6O16P3S/c1-10(27)46-5-4-22-18(30)15(29)20(2,3)7-39-45(36,37)42-44(34,35)38-6-11-14(41-43(31,32)33)13(28)19(40-11)26-9-25-12-16(21)23-8-24-17(12)26/h8-9,11,13-15,19,28-29H,4-7H2,1-3H3,(H,22,30)(H,34,35)(H,36,37)(H2,21,23,24)(H2,31,32,33)/p-4/t11-,13-,14-,15+,19-/m1/s1. The Morgan fingerprint density at radius 1 is 1.17 bits per heavy atom. The van der Waals surface area contributed by atoms with Crippen LogP contribution in [0.5, 0.6) is 0 Å². The van der Waals surface area contributed by atoms with Crippen LogP contribution < -0.4 is 30.6 Å². The van der Waals surface area contributed by atoms with Gasteiger partial charge in [0.05, 0.1) is 27.4 Å². The third-order valence-electron chi connectivity index (χ3n) is 6.11. The van der Waals surface area contributed by atoms with Gasteiger partial charge in [0.2, 0.25) is 5.91 Å². The van der Waals surface area contributed by atoms with Crippen LogP contribution in [0, 0.1) is 5.41 Å². The van der Waals surface area contributed by atoms with Gasteiger partial charge in [0.15, 0.2) is 22.8 Å². The molecule has 1 aliphatic rings. The van der Waals surface area contributed by atoms with Gasteiger partial charge < -0.3 is 63.7 Å². The minimum atomic E-state index is -5.86. The van der Waals surface area contributed by atoms with Gasteiger partial charge in [-0.3, -0.25) is 23.3 Å². The van der Waals surface area contributed by atoms with Gasteiger partial charge >= 0.3 is 0 Å². The average molecular weight is 734 g/mol. The second-order valence-electron chi connectivity index (χ2n) is 10.2. The highest BCUT2D eigenvalue weighted by Gasteiger charge is 2.47. The van der Waals surface area contributed by atoms with E-state index in [9.17, 15) is 53.1 Å². The largest absolute Gasteiger partial charge is 0.790 e. The van der Waals surface area contributed by atoms with Crippen LogP contribution in [0.2, 0.25) is 0 Å². The minimum absolute atomic E-state index is 0.00835. The van der Waals surface area contributed by atoms with Crippen molar-refractivity contribution in [2.24, 2.45) is 5.41 Å². The van der Waals surface area contributed by atoms with E-state index in [0.717, 1.165) is 29.0 Å². The van der Waals surface area contributed by atoms with Crippen LogP contribution in [0.4, 0.5) is 5.82 Å². The summed E-state index contributed by atoms with van der Waals surface area (Å²) in [4.78, 5) is 82.1. The maximum Gasteiger partial charge on any atom is 0.274 e. The number of hydrogen-bond acceptors (Lipinski definition) is 21. The number of imidazole rings is 1. The second kappa shape index (κ2) is 15.1. The minimum Gasteiger partial charge on any atom is -0.790 e. The maximum atomic E-state index is 12.4. The molecule has 5 N–H and O–H groups in total. The lowest BCUT2D eigenvalue weighted by molar-refractivity contribution is -0.347. The van der Waals surface area contributed by atoms with Gasteiger partial charge in [-0.15, -0.1) is 0 Å². The number of hydrogen-bond donors (Lipinski definition) is 4. The first-order chi connectivity index (χ1) is 21.1. The van der Waals surface area contributed by atoms with Gasteiger partial charge in [-0.25, -0.2) is 19.3 Å². The topological polar surface area (TPSA) is 346 Å². The molecule has 0 aromatic carbocycles. The molecule has 1 aliphatic heterocycles. The quantitative estimate of drug-likeness (QED) is 0.0966. The number of carbonyl (C=O) groups excluding carboxylic acids is 2. The zero-order valence-corrected chi connectivity index (χ0v) is 27.6. The summed E-state index contributed by atoms with van der Waals surface area (Å²) >= 11 is 0.923. The Morgan fingerprint density at radius 3 is 2.46 bits per heavy atom. The molecule has 2 unspecified atom stereocenters. The zero-order valence-electron chi connectivity index (χ0n) is 24.1. The summed E-state index contributed by atoms with van der Waals surface area (Å²) in [5, 5.41) is 23.2. The Bertz CT molecular complexity index is 1560. The summed E-state index contributed by atoms with van der Waals surface area (Å²) < 4.78 is 60.0. The third kappa shape index (κ3) is 10.5. The molecule has 0 spiro atoms. The normalized spacial score (nSPS) is 23.9. The third-order valence-corrected chi connectivity index (χ3v) is 9.94. The number of rotatable bonds is 16. The molecule has 1 saturated heterocycles. The van der Waals surface area contributed by atoms with Crippen molar-refractivity contribution in [1.29, 1.82) is 0 Å². The summed E-state index contributed by atoms with van der Waals surface area (Å²) in [5.41, 5.74) is 4.15. The first-order valence-corrected chi connectivity index (χ1v) is 18.2. The van der Waals surface area contributed by atoms with Crippen molar-refractivity contribution in [2.75, 3.05) is 31.2 Å². The highest BCUT2D eigenvalue weighted by atomic mass is 32.2. The molecule has 0 radical (unpaired) electrons. The number of aliphatic hydroxyl groups excluding tert-OH is 2. The van der Waals surface area contributed by atoms with Crippen molar-refractivity contribution in [3.63, 3.8) is 0 Å². The number of phosphoric acid groups is 3. The van der Waals surface area contributed by atoms with Crippen LogP contribution in [-0.4, -0.2) is 90.7 Å². The number of aromatic nitrogens is 4. The van der Waals surface area contributed by atoms with Crippen LogP contribution in [0.25, 0.3) is 11.2 Å². The SMILES string of the molecule is CC(=O)SCCNC(=O)[C@H](O)C(C)(C)COP(=O)([O-])OP(=O)([O-])OC[C@H]1O[C@@H](n2cnc3c(N)ncnc32)[C@H](O)[C@@H]1OP(=O)([O-])[O-]. The average Bonchev–Trinajstić information content (AvgIpc) is 3.48. The van der Waals surface area contributed by atoms with E-state index in [4.69, 9.17) is 10.5 Å². The predicted molar refractivity (Wildman–Crippen MR) is 146 cm³/mol. The van der Waals surface area contributed by atoms with Crippen molar-refractivity contribution >= 4 is 63.2 Å². The number of nitrogens with two attached hydrogens (primary N) is 1. The molecule has 3 rings (SSSR count). The van der Waals surface area contributed by atoms with E-state index in [1.807, 2.05) is 0 Å².